The Labute approximate surface area is 145 Å². The van der Waals surface area contributed by atoms with Crippen molar-refractivity contribution in [1.82, 2.24) is 4.98 Å². The summed E-state index contributed by atoms with van der Waals surface area (Å²) in [5, 5.41) is 5.12. The van der Waals surface area contributed by atoms with E-state index in [2.05, 4.69) is 10.3 Å². The van der Waals surface area contributed by atoms with Crippen LogP contribution in [0.5, 0.6) is 0 Å². The molecule has 0 saturated carbocycles. The smallest absolute Gasteiger partial charge is 0.311 e. The number of benzene rings is 2. The van der Waals surface area contributed by atoms with Crippen molar-refractivity contribution in [3.05, 3.63) is 70.9 Å². The van der Waals surface area contributed by atoms with Gasteiger partial charge in [-0.15, -0.1) is 0 Å². The van der Waals surface area contributed by atoms with Crippen LogP contribution in [0.2, 0.25) is 5.02 Å². The molecule has 0 fully saturated rings. The van der Waals surface area contributed by atoms with E-state index in [1.807, 2.05) is 54.6 Å². The van der Waals surface area contributed by atoms with Crippen LogP contribution in [0.25, 0.3) is 10.9 Å². The molecule has 0 aliphatic heterocycles. The molecule has 5 heteroatoms. The Hall–Kier alpha value is -2.59. The standard InChI is InChI=1S/C19H17ClN2O2/c1-24-19(23)11-14-10-18(15-7-3-5-9-17(15)22-14)21-12-13-6-2-4-8-16(13)20/h2-10H,11-12H2,1H3,(H,21,22). The lowest BCUT2D eigenvalue weighted by Gasteiger charge is -2.12. The van der Waals surface area contributed by atoms with Gasteiger partial charge in [0.05, 0.1) is 24.7 Å². The molecule has 0 bridgehead atoms. The molecular formula is C19H17ClN2O2. The number of nitrogens with one attached hydrogen (secondary N) is 1. The van der Waals surface area contributed by atoms with Gasteiger partial charge in [-0.25, -0.2) is 0 Å². The first kappa shape index (κ1) is 16.3. The number of para-hydroxylation sites is 1. The Morgan fingerprint density at radius 1 is 1.17 bits per heavy atom. The summed E-state index contributed by atoms with van der Waals surface area (Å²) in [7, 11) is 1.37. The van der Waals surface area contributed by atoms with Crippen LogP contribution in [0.15, 0.2) is 54.6 Å². The zero-order valence-electron chi connectivity index (χ0n) is 13.3. The highest BCUT2D eigenvalue weighted by atomic mass is 35.5. The molecule has 0 amide bonds. The number of carbonyl (C=O) groups is 1. The van der Waals surface area contributed by atoms with Crippen LogP contribution >= 0.6 is 11.6 Å². The largest absolute Gasteiger partial charge is 0.469 e. The van der Waals surface area contributed by atoms with Crippen LogP contribution < -0.4 is 5.32 Å². The zero-order chi connectivity index (χ0) is 16.9. The van der Waals surface area contributed by atoms with Gasteiger partial charge in [-0.2, -0.15) is 0 Å². The highest BCUT2D eigenvalue weighted by Gasteiger charge is 2.10. The first-order valence-corrected chi connectivity index (χ1v) is 7.98. The van der Waals surface area contributed by atoms with Crippen LogP contribution in [0.4, 0.5) is 5.69 Å². The van der Waals surface area contributed by atoms with Crippen LogP contribution in [0.3, 0.4) is 0 Å². The molecule has 122 valence electrons. The number of ether oxygens (including phenoxy) is 1. The van der Waals surface area contributed by atoms with E-state index in [4.69, 9.17) is 16.3 Å². The number of methoxy groups -OCH3 is 1. The van der Waals surface area contributed by atoms with Gasteiger partial charge in [-0.05, 0) is 23.8 Å². The van der Waals surface area contributed by atoms with Crippen molar-refractivity contribution in [2.24, 2.45) is 0 Å². The second kappa shape index (κ2) is 7.32. The van der Waals surface area contributed by atoms with Crippen molar-refractivity contribution in [2.75, 3.05) is 12.4 Å². The Kier molecular flexibility index (Phi) is 4.96. The molecular weight excluding hydrogens is 324 g/mol. The SMILES string of the molecule is COC(=O)Cc1cc(NCc2ccccc2Cl)c2ccccc2n1. The number of pyridine rings is 1. The number of carbonyl (C=O) groups excluding carboxylic acids is 1. The maximum atomic E-state index is 11.6. The van der Waals surface area contributed by atoms with Gasteiger partial charge in [0.1, 0.15) is 0 Å². The van der Waals surface area contributed by atoms with Gasteiger partial charge in [0.15, 0.2) is 0 Å². The van der Waals surface area contributed by atoms with Gasteiger partial charge in [0, 0.05) is 22.6 Å². The number of nitrogens with zero attached hydrogens (tertiary/aromatic N) is 1. The highest BCUT2D eigenvalue weighted by molar-refractivity contribution is 6.31. The Bertz CT molecular complexity index is 880. The molecule has 1 N–H and O–H groups in total. The highest BCUT2D eigenvalue weighted by Crippen LogP contribution is 2.25. The molecule has 4 nitrogen and oxygen atoms in total. The fourth-order valence-corrected chi connectivity index (χ4v) is 2.72. The fraction of sp³-hybridized carbons (Fsp3) is 0.158. The summed E-state index contributed by atoms with van der Waals surface area (Å²) in [5.41, 5.74) is 3.43. The molecule has 1 heterocycles. The molecule has 3 rings (SSSR count). The molecule has 0 aliphatic rings. The van der Waals surface area contributed by atoms with Crippen LogP contribution in [-0.2, 0) is 22.5 Å². The second-order valence-corrected chi connectivity index (χ2v) is 5.78. The third kappa shape index (κ3) is 3.66. The third-order valence-corrected chi connectivity index (χ3v) is 4.12. The number of hydrogen-bond acceptors (Lipinski definition) is 4. The van der Waals surface area contributed by atoms with E-state index in [-0.39, 0.29) is 12.4 Å². The predicted octanol–water partition coefficient (Wildman–Crippen LogP) is 4.22. The van der Waals surface area contributed by atoms with E-state index in [1.54, 1.807) is 0 Å². The molecule has 0 unspecified atom stereocenters. The van der Waals surface area contributed by atoms with Crippen molar-refractivity contribution >= 4 is 34.2 Å². The van der Waals surface area contributed by atoms with E-state index in [9.17, 15) is 4.79 Å². The van der Waals surface area contributed by atoms with E-state index in [0.29, 0.717) is 12.2 Å². The van der Waals surface area contributed by atoms with Crippen molar-refractivity contribution in [3.8, 4) is 0 Å². The van der Waals surface area contributed by atoms with Gasteiger partial charge in [0.25, 0.3) is 0 Å². The van der Waals surface area contributed by atoms with Gasteiger partial charge in [-0.1, -0.05) is 48.0 Å². The minimum atomic E-state index is -0.310. The molecule has 3 aromatic rings. The topological polar surface area (TPSA) is 51.2 Å². The maximum Gasteiger partial charge on any atom is 0.311 e. The summed E-state index contributed by atoms with van der Waals surface area (Å²) < 4.78 is 4.73. The average Bonchev–Trinajstić information content (AvgIpc) is 2.60. The summed E-state index contributed by atoms with van der Waals surface area (Å²) in [6, 6.07) is 17.4. The zero-order valence-corrected chi connectivity index (χ0v) is 14.0. The van der Waals surface area contributed by atoms with E-state index >= 15 is 0 Å². The normalized spacial score (nSPS) is 10.6. The van der Waals surface area contributed by atoms with Crippen molar-refractivity contribution in [3.63, 3.8) is 0 Å². The Balaban J connectivity index is 1.93. The van der Waals surface area contributed by atoms with Gasteiger partial charge >= 0.3 is 5.97 Å². The van der Waals surface area contributed by atoms with Crippen molar-refractivity contribution in [2.45, 2.75) is 13.0 Å². The van der Waals surface area contributed by atoms with Gasteiger partial charge < -0.3 is 10.1 Å². The maximum absolute atomic E-state index is 11.6. The summed E-state index contributed by atoms with van der Waals surface area (Å²) >= 11 is 6.21. The number of esters is 1. The lowest BCUT2D eigenvalue weighted by atomic mass is 10.1. The van der Waals surface area contributed by atoms with E-state index < -0.39 is 0 Å². The molecule has 0 radical (unpaired) electrons. The average molecular weight is 341 g/mol. The molecule has 0 spiro atoms. The molecule has 0 saturated heterocycles. The summed E-state index contributed by atoms with van der Waals surface area (Å²) in [6.45, 7) is 0.589. The lowest BCUT2D eigenvalue weighted by Crippen LogP contribution is -2.08. The molecule has 0 atom stereocenters. The summed E-state index contributed by atoms with van der Waals surface area (Å²) in [4.78, 5) is 16.1. The summed E-state index contributed by atoms with van der Waals surface area (Å²) in [5.74, 6) is -0.310. The number of rotatable bonds is 5. The molecule has 24 heavy (non-hydrogen) atoms. The monoisotopic (exact) mass is 340 g/mol. The first-order valence-electron chi connectivity index (χ1n) is 7.60. The molecule has 2 aromatic carbocycles. The molecule has 1 aromatic heterocycles. The fourth-order valence-electron chi connectivity index (χ4n) is 2.52. The van der Waals surface area contributed by atoms with Gasteiger partial charge in [-0.3, -0.25) is 9.78 Å². The number of halogens is 1. The van der Waals surface area contributed by atoms with Crippen LogP contribution in [-0.4, -0.2) is 18.1 Å². The van der Waals surface area contributed by atoms with Crippen molar-refractivity contribution < 1.29 is 9.53 Å². The minimum Gasteiger partial charge on any atom is -0.469 e. The Morgan fingerprint density at radius 3 is 2.71 bits per heavy atom. The predicted molar refractivity (Wildman–Crippen MR) is 96.2 cm³/mol. The van der Waals surface area contributed by atoms with E-state index in [1.165, 1.54) is 7.11 Å². The number of hydrogen-bond donors (Lipinski definition) is 1. The minimum absolute atomic E-state index is 0.141. The van der Waals surface area contributed by atoms with E-state index in [0.717, 1.165) is 27.2 Å². The lowest BCUT2D eigenvalue weighted by molar-refractivity contribution is -0.139. The van der Waals surface area contributed by atoms with Crippen LogP contribution in [0, 0.1) is 0 Å². The van der Waals surface area contributed by atoms with Crippen molar-refractivity contribution in [1.29, 1.82) is 0 Å². The number of anilines is 1. The number of fused-ring (bicyclic) bond motifs is 1. The second-order valence-electron chi connectivity index (χ2n) is 5.38. The number of aromatic nitrogens is 1. The summed E-state index contributed by atoms with van der Waals surface area (Å²) in [6.07, 6.45) is 0.141. The molecule has 0 aliphatic carbocycles. The Morgan fingerprint density at radius 2 is 1.92 bits per heavy atom. The quantitative estimate of drug-likeness (QED) is 0.707. The van der Waals surface area contributed by atoms with Crippen LogP contribution in [0.1, 0.15) is 11.3 Å². The first-order chi connectivity index (χ1) is 11.7. The van der Waals surface area contributed by atoms with Gasteiger partial charge in [0.2, 0.25) is 0 Å². The third-order valence-electron chi connectivity index (χ3n) is 3.75.